The summed E-state index contributed by atoms with van der Waals surface area (Å²) in [6.45, 7) is 3.99. The average molecular weight is 470 g/mol. The van der Waals surface area contributed by atoms with Gasteiger partial charge in [0.15, 0.2) is 0 Å². The number of anilines is 1. The molecule has 0 fully saturated rings. The number of rotatable bonds is 8. The molecule has 0 bridgehead atoms. The van der Waals surface area contributed by atoms with Gasteiger partial charge in [0.2, 0.25) is 5.91 Å². The van der Waals surface area contributed by atoms with Gasteiger partial charge in [0.05, 0.1) is 23.3 Å². The van der Waals surface area contributed by atoms with E-state index in [-0.39, 0.29) is 24.4 Å². The van der Waals surface area contributed by atoms with Crippen molar-refractivity contribution in [2.75, 3.05) is 11.9 Å². The molecule has 1 amide bonds. The van der Waals surface area contributed by atoms with E-state index in [2.05, 4.69) is 5.32 Å². The Hall–Kier alpha value is -1.76. The summed E-state index contributed by atoms with van der Waals surface area (Å²) >= 11 is 13.4. The van der Waals surface area contributed by atoms with E-state index in [9.17, 15) is 9.59 Å². The van der Waals surface area contributed by atoms with Crippen LogP contribution in [0.1, 0.15) is 60.3 Å². The zero-order valence-electron chi connectivity index (χ0n) is 17.1. The van der Waals surface area contributed by atoms with Gasteiger partial charge in [-0.1, -0.05) is 23.2 Å². The lowest BCUT2D eigenvalue weighted by atomic mass is 9.95. The molecule has 1 N–H and O–H groups in total. The molecule has 8 heteroatoms. The number of benzene rings is 1. The van der Waals surface area contributed by atoms with E-state index in [1.54, 1.807) is 18.2 Å². The molecule has 0 unspecified atom stereocenters. The molecule has 1 heterocycles. The number of hydrogen-bond acceptors (Lipinski definition) is 5. The van der Waals surface area contributed by atoms with Crippen molar-refractivity contribution < 1.29 is 19.1 Å². The van der Waals surface area contributed by atoms with E-state index in [0.717, 1.165) is 31.2 Å². The Morgan fingerprint density at radius 3 is 2.70 bits per heavy atom. The normalized spacial score (nSPS) is 13.1. The van der Waals surface area contributed by atoms with Crippen LogP contribution in [0.5, 0.6) is 5.75 Å². The topological polar surface area (TPSA) is 64.6 Å². The van der Waals surface area contributed by atoms with Crippen molar-refractivity contribution in [2.45, 2.75) is 58.5 Å². The first kappa shape index (κ1) is 22.9. The van der Waals surface area contributed by atoms with E-state index in [1.165, 1.54) is 16.2 Å². The summed E-state index contributed by atoms with van der Waals surface area (Å²) in [4.78, 5) is 26.3. The summed E-state index contributed by atoms with van der Waals surface area (Å²) in [7, 11) is 0. The van der Waals surface area contributed by atoms with Crippen molar-refractivity contribution in [3.63, 3.8) is 0 Å². The predicted molar refractivity (Wildman–Crippen MR) is 121 cm³/mol. The van der Waals surface area contributed by atoms with Crippen molar-refractivity contribution >= 4 is 51.4 Å². The fourth-order valence-corrected chi connectivity index (χ4v) is 5.10. The summed E-state index contributed by atoms with van der Waals surface area (Å²) < 4.78 is 11.0. The third-order valence-electron chi connectivity index (χ3n) is 4.67. The van der Waals surface area contributed by atoms with Crippen LogP contribution in [-0.2, 0) is 22.4 Å². The number of fused-ring (bicyclic) bond motifs is 1. The van der Waals surface area contributed by atoms with Crippen LogP contribution in [0.15, 0.2) is 18.2 Å². The maximum atomic E-state index is 12.7. The molecular weight excluding hydrogens is 445 g/mol. The van der Waals surface area contributed by atoms with E-state index >= 15 is 0 Å². The number of hydrogen-bond donors (Lipinski definition) is 1. The highest BCUT2D eigenvalue weighted by atomic mass is 35.5. The molecule has 0 radical (unpaired) electrons. The zero-order valence-corrected chi connectivity index (χ0v) is 19.4. The van der Waals surface area contributed by atoms with Crippen molar-refractivity contribution in [1.82, 2.24) is 0 Å². The van der Waals surface area contributed by atoms with Crippen LogP contribution in [0, 0.1) is 0 Å². The Balaban J connectivity index is 1.59. The first-order valence-corrected chi connectivity index (χ1v) is 11.7. The molecule has 0 saturated carbocycles. The van der Waals surface area contributed by atoms with Crippen LogP contribution >= 0.6 is 34.5 Å². The Morgan fingerprint density at radius 2 is 1.97 bits per heavy atom. The SMILES string of the molecule is CC(C)OC(=O)c1c(NC(=O)CCCOc2ccc(Cl)cc2Cl)sc2c1CCCC2. The number of esters is 1. The molecule has 0 spiro atoms. The second-order valence-corrected chi connectivity index (χ2v) is 9.39. The van der Waals surface area contributed by atoms with Gasteiger partial charge in [-0.25, -0.2) is 4.79 Å². The highest BCUT2D eigenvalue weighted by Crippen LogP contribution is 2.39. The zero-order chi connectivity index (χ0) is 21.7. The second kappa shape index (κ2) is 10.5. The van der Waals surface area contributed by atoms with Crippen molar-refractivity contribution in [2.24, 2.45) is 0 Å². The number of carbonyl (C=O) groups is 2. The molecule has 162 valence electrons. The maximum Gasteiger partial charge on any atom is 0.341 e. The minimum absolute atomic E-state index is 0.155. The van der Waals surface area contributed by atoms with Crippen LogP contribution in [0.25, 0.3) is 0 Å². The standard InChI is InChI=1S/C22H25Cl2NO4S/c1-13(2)29-22(27)20-15-6-3-4-7-18(15)30-21(20)25-19(26)8-5-11-28-17-10-9-14(23)12-16(17)24/h9-10,12-13H,3-8,11H2,1-2H3,(H,25,26). The fraction of sp³-hybridized carbons (Fsp3) is 0.455. The second-order valence-electron chi connectivity index (χ2n) is 7.44. The van der Waals surface area contributed by atoms with E-state index in [4.69, 9.17) is 32.7 Å². The third kappa shape index (κ3) is 5.90. The number of amides is 1. The molecule has 1 aliphatic carbocycles. The largest absolute Gasteiger partial charge is 0.492 e. The average Bonchev–Trinajstić information content (AvgIpc) is 3.03. The van der Waals surface area contributed by atoms with Crippen LogP contribution < -0.4 is 10.1 Å². The fourth-order valence-electron chi connectivity index (χ4n) is 3.34. The van der Waals surface area contributed by atoms with E-state index in [0.29, 0.717) is 39.4 Å². The van der Waals surface area contributed by atoms with Gasteiger partial charge >= 0.3 is 5.97 Å². The molecule has 3 rings (SSSR count). The van der Waals surface area contributed by atoms with Gasteiger partial charge in [-0.3, -0.25) is 4.79 Å². The van der Waals surface area contributed by atoms with Gasteiger partial charge in [-0.15, -0.1) is 11.3 Å². The summed E-state index contributed by atoms with van der Waals surface area (Å²) in [6.07, 6.45) is 4.51. The van der Waals surface area contributed by atoms with Crippen LogP contribution in [0.4, 0.5) is 5.00 Å². The molecule has 0 atom stereocenters. The van der Waals surface area contributed by atoms with Crippen LogP contribution in [-0.4, -0.2) is 24.6 Å². The van der Waals surface area contributed by atoms with Crippen molar-refractivity contribution in [3.05, 3.63) is 44.2 Å². The van der Waals surface area contributed by atoms with Gasteiger partial charge < -0.3 is 14.8 Å². The molecule has 1 aromatic heterocycles. The highest BCUT2D eigenvalue weighted by molar-refractivity contribution is 7.17. The summed E-state index contributed by atoms with van der Waals surface area (Å²) in [5.74, 6) is 0.0181. The monoisotopic (exact) mass is 469 g/mol. The van der Waals surface area contributed by atoms with Gasteiger partial charge in [0.25, 0.3) is 0 Å². The molecule has 2 aromatic rings. The van der Waals surface area contributed by atoms with E-state index < -0.39 is 0 Å². The lowest BCUT2D eigenvalue weighted by molar-refractivity contribution is -0.116. The number of carbonyl (C=O) groups excluding carboxylic acids is 2. The first-order valence-electron chi connectivity index (χ1n) is 10.1. The Kier molecular flexibility index (Phi) is 8.03. The molecular formula is C22H25Cl2NO4S. The Bertz CT molecular complexity index is 926. The van der Waals surface area contributed by atoms with Gasteiger partial charge in [0.1, 0.15) is 10.8 Å². The number of aryl methyl sites for hydroxylation is 1. The van der Waals surface area contributed by atoms with Crippen LogP contribution in [0.3, 0.4) is 0 Å². The van der Waals surface area contributed by atoms with Gasteiger partial charge in [-0.05, 0) is 69.7 Å². The Morgan fingerprint density at radius 1 is 1.20 bits per heavy atom. The smallest absolute Gasteiger partial charge is 0.341 e. The molecule has 0 aliphatic heterocycles. The van der Waals surface area contributed by atoms with Crippen molar-refractivity contribution in [3.8, 4) is 5.75 Å². The summed E-state index contributed by atoms with van der Waals surface area (Å²) in [5.41, 5.74) is 1.56. The van der Waals surface area contributed by atoms with Gasteiger partial charge in [-0.2, -0.15) is 0 Å². The number of nitrogens with one attached hydrogen (secondary N) is 1. The number of thiophene rings is 1. The quantitative estimate of drug-likeness (QED) is 0.364. The molecule has 30 heavy (non-hydrogen) atoms. The lowest BCUT2D eigenvalue weighted by Gasteiger charge is -2.14. The first-order chi connectivity index (χ1) is 14.3. The number of ether oxygens (including phenoxy) is 2. The third-order valence-corrected chi connectivity index (χ3v) is 6.41. The minimum Gasteiger partial charge on any atom is -0.492 e. The molecule has 0 saturated heterocycles. The molecule has 1 aromatic carbocycles. The molecule has 5 nitrogen and oxygen atoms in total. The van der Waals surface area contributed by atoms with E-state index in [1.807, 2.05) is 13.8 Å². The van der Waals surface area contributed by atoms with Gasteiger partial charge in [0, 0.05) is 16.3 Å². The number of halogens is 2. The molecule has 1 aliphatic rings. The summed E-state index contributed by atoms with van der Waals surface area (Å²) in [5, 5.41) is 4.49. The highest BCUT2D eigenvalue weighted by Gasteiger charge is 2.27. The van der Waals surface area contributed by atoms with Crippen LogP contribution in [0.2, 0.25) is 10.0 Å². The summed E-state index contributed by atoms with van der Waals surface area (Å²) in [6, 6.07) is 5.01. The Labute approximate surface area is 190 Å². The minimum atomic E-state index is -0.361. The van der Waals surface area contributed by atoms with Crippen molar-refractivity contribution in [1.29, 1.82) is 0 Å². The predicted octanol–water partition coefficient (Wildman–Crippen LogP) is 6.30. The maximum absolute atomic E-state index is 12.7. The lowest BCUT2D eigenvalue weighted by Crippen LogP contribution is -2.18.